The number of carbonyl (C=O) groups excluding carboxylic acids is 1. The van der Waals surface area contributed by atoms with Gasteiger partial charge in [-0.1, -0.05) is 0 Å². The van der Waals surface area contributed by atoms with E-state index in [0.717, 1.165) is 5.76 Å². The molecule has 0 aliphatic carbocycles. The van der Waals surface area contributed by atoms with Gasteiger partial charge in [-0.15, -0.1) is 0 Å². The summed E-state index contributed by atoms with van der Waals surface area (Å²) in [5.74, 6) is 0.758. The molecule has 0 aliphatic heterocycles. The van der Waals surface area contributed by atoms with Gasteiger partial charge < -0.3 is 0 Å². The molecule has 0 radical (unpaired) electrons. The molecule has 0 aliphatic rings. The SMILES string of the molecule is CCC[CH2][Sn]([CH2]CCC)([CH2]CCC)[O]C(=O)/C=C(/C)[O][Sn]([CH2]CCC)([CH2]CCC)[CH2]CCC. The Hall–Kier alpha value is 0.607. The van der Waals surface area contributed by atoms with Crippen molar-refractivity contribution in [1.29, 1.82) is 0 Å². The summed E-state index contributed by atoms with van der Waals surface area (Å²) in [5.41, 5.74) is 0. The number of rotatable bonds is 22. The average Bonchev–Trinajstić information content (AvgIpc) is 2.80. The standard InChI is InChI=1S/C4H6O3.6C4H9.2Sn/c1-3(5)2-4(6)7;6*1-3-4-2;;/h2,5H,1H3,(H,6,7);6*1,3-4H2,2H3;;/q;;;;;;;2*+1/p-2/b3-2-;;;;;;;;. The van der Waals surface area contributed by atoms with Crippen molar-refractivity contribution in [2.75, 3.05) is 0 Å². The van der Waals surface area contributed by atoms with E-state index in [1.807, 2.05) is 6.92 Å². The zero-order valence-corrected chi connectivity index (χ0v) is 29.2. The normalized spacial score (nSPS) is 12.8. The third kappa shape index (κ3) is 15.4. The van der Waals surface area contributed by atoms with Crippen LogP contribution in [0.25, 0.3) is 0 Å². The molecule has 5 heteroatoms. The molecule has 0 spiro atoms. The van der Waals surface area contributed by atoms with E-state index in [-0.39, 0.29) is 5.97 Å². The van der Waals surface area contributed by atoms with Gasteiger partial charge in [0, 0.05) is 0 Å². The summed E-state index contributed by atoms with van der Waals surface area (Å²) in [4.78, 5) is 13.2. The molecular formula is C28H58O3Sn2. The summed E-state index contributed by atoms with van der Waals surface area (Å²) < 4.78 is 20.8. The maximum atomic E-state index is 13.2. The molecule has 0 saturated heterocycles. The van der Waals surface area contributed by atoms with E-state index in [2.05, 4.69) is 41.5 Å². The second-order valence-electron chi connectivity index (χ2n) is 10.3. The number of hydrogen-bond donors (Lipinski definition) is 0. The average molecular weight is 680 g/mol. The fraction of sp³-hybridized carbons (Fsp3) is 0.893. The summed E-state index contributed by atoms with van der Waals surface area (Å²) in [7, 11) is 0. The summed E-state index contributed by atoms with van der Waals surface area (Å²) >= 11 is -5.69. The van der Waals surface area contributed by atoms with E-state index in [1.54, 1.807) is 6.08 Å². The molecule has 0 atom stereocenters. The minimum atomic E-state index is -2.93. The van der Waals surface area contributed by atoms with Crippen molar-refractivity contribution in [2.45, 2.75) is 152 Å². The molecule has 0 unspecified atom stereocenters. The number of unbranched alkanes of at least 4 members (excludes halogenated alkanes) is 6. The monoisotopic (exact) mass is 682 g/mol. The van der Waals surface area contributed by atoms with Crippen molar-refractivity contribution in [3.8, 4) is 0 Å². The van der Waals surface area contributed by atoms with Gasteiger partial charge in [0.25, 0.3) is 0 Å². The quantitative estimate of drug-likeness (QED) is 0.0649. The Morgan fingerprint density at radius 2 is 0.818 bits per heavy atom. The minimum absolute atomic E-state index is 0.0896. The van der Waals surface area contributed by atoms with Gasteiger partial charge in [-0.05, 0) is 0 Å². The van der Waals surface area contributed by atoms with Crippen LogP contribution >= 0.6 is 0 Å². The van der Waals surface area contributed by atoms with Crippen LogP contribution in [0.4, 0.5) is 0 Å². The molecule has 0 rings (SSSR count). The van der Waals surface area contributed by atoms with Gasteiger partial charge in [0.2, 0.25) is 0 Å². The van der Waals surface area contributed by atoms with Crippen LogP contribution in [-0.2, 0) is 10.9 Å². The molecule has 33 heavy (non-hydrogen) atoms. The summed E-state index contributed by atoms with van der Waals surface area (Å²) in [6.45, 7) is 15.6. The van der Waals surface area contributed by atoms with E-state index in [4.69, 9.17) is 6.15 Å². The van der Waals surface area contributed by atoms with Crippen molar-refractivity contribution in [1.82, 2.24) is 0 Å². The molecule has 0 amide bonds. The fourth-order valence-corrected chi connectivity index (χ4v) is 31.5. The van der Waals surface area contributed by atoms with Crippen molar-refractivity contribution in [2.24, 2.45) is 0 Å². The number of hydrogen-bond acceptors (Lipinski definition) is 3. The predicted octanol–water partition coefficient (Wildman–Crippen LogP) is 10.1. The summed E-state index contributed by atoms with van der Waals surface area (Å²) in [5, 5.41) is 0. The van der Waals surface area contributed by atoms with Crippen molar-refractivity contribution < 1.29 is 10.9 Å². The third-order valence-corrected chi connectivity index (χ3v) is 32.6. The first-order valence-corrected chi connectivity index (χ1v) is 28.9. The third-order valence-electron chi connectivity index (χ3n) is 6.93. The fourth-order valence-electron chi connectivity index (χ4n) is 4.83. The first-order chi connectivity index (χ1) is 15.9. The molecule has 3 nitrogen and oxygen atoms in total. The zero-order chi connectivity index (χ0) is 25.0. The number of allylic oxidation sites excluding steroid dienone is 1. The summed E-state index contributed by atoms with van der Waals surface area (Å²) in [6, 6.07) is 0. The Morgan fingerprint density at radius 1 is 0.545 bits per heavy atom. The van der Waals surface area contributed by atoms with Gasteiger partial charge in [0.15, 0.2) is 0 Å². The van der Waals surface area contributed by atoms with Gasteiger partial charge in [-0.3, -0.25) is 0 Å². The first kappa shape index (κ1) is 33.6. The molecule has 0 aromatic carbocycles. The molecule has 0 aromatic rings. The molecule has 0 heterocycles. The second kappa shape index (κ2) is 20.8. The van der Waals surface area contributed by atoms with E-state index in [9.17, 15) is 4.79 Å². The Balaban J connectivity index is 5.59. The van der Waals surface area contributed by atoms with E-state index in [0.29, 0.717) is 0 Å². The van der Waals surface area contributed by atoms with Gasteiger partial charge in [0.1, 0.15) is 0 Å². The van der Waals surface area contributed by atoms with Crippen LogP contribution in [0.1, 0.15) is 126 Å². The molecule has 196 valence electrons. The molecule has 0 fully saturated rings. The van der Waals surface area contributed by atoms with Crippen LogP contribution in [0.2, 0.25) is 26.6 Å². The van der Waals surface area contributed by atoms with Crippen LogP contribution in [0, 0.1) is 0 Å². The zero-order valence-electron chi connectivity index (χ0n) is 23.5. The van der Waals surface area contributed by atoms with E-state index >= 15 is 0 Å². The Morgan fingerprint density at radius 3 is 1.09 bits per heavy atom. The van der Waals surface area contributed by atoms with Crippen molar-refractivity contribution in [3.63, 3.8) is 0 Å². The van der Waals surface area contributed by atoms with Crippen LogP contribution in [0.3, 0.4) is 0 Å². The van der Waals surface area contributed by atoms with Crippen LogP contribution in [-0.4, -0.2) is 43.6 Å². The van der Waals surface area contributed by atoms with Crippen LogP contribution < -0.4 is 0 Å². The van der Waals surface area contributed by atoms with Crippen molar-refractivity contribution in [3.05, 3.63) is 11.8 Å². The Labute approximate surface area is 217 Å². The van der Waals surface area contributed by atoms with Gasteiger partial charge in [-0.2, -0.15) is 0 Å². The molecular weight excluding hydrogens is 622 g/mol. The predicted molar refractivity (Wildman–Crippen MR) is 151 cm³/mol. The Bertz CT molecular complexity index is 476. The van der Waals surface area contributed by atoms with Crippen LogP contribution in [0.5, 0.6) is 0 Å². The molecule has 0 saturated carbocycles. The van der Waals surface area contributed by atoms with E-state index < -0.39 is 37.6 Å². The molecule has 0 N–H and O–H groups in total. The number of carbonyl (C=O) groups is 1. The van der Waals surface area contributed by atoms with Gasteiger partial charge in [-0.25, -0.2) is 0 Å². The maximum absolute atomic E-state index is 13.2. The first-order valence-electron chi connectivity index (χ1n) is 14.5. The Kier molecular flexibility index (Phi) is 21.1. The summed E-state index contributed by atoms with van der Waals surface area (Å²) in [6.07, 6.45) is 16.4. The molecule has 0 bridgehead atoms. The van der Waals surface area contributed by atoms with Gasteiger partial charge >= 0.3 is 218 Å². The van der Waals surface area contributed by atoms with E-state index in [1.165, 1.54) is 104 Å². The second-order valence-corrected chi connectivity index (χ2v) is 33.5. The van der Waals surface area contributed by atoms with Gasteiger partial charge in [0.05, 0.1) is 0 Å². The van der Waals surface area contributed by atoms with Crippen molar-refractivity contribution >= 4 is 43.6 Å². The van der Waals surface area contributed by atoms with Crippen LogP contribution in [0.15, 0.2) is 11.8 Å². The molecule has 0 aromatic heterocycles. The topological polar surface area (TPSA) is 35.5 Å².